The van der Waals surface area contributed by atoms with E-state index in [0.29, 0.717) is 6.04 Å². The molecule has 0 aromatic heterocycles. The van der Waals surface area contributed by atoms with Gasteiger partial charge >= 0.3 is 0 Å². The van der Waals surface area contributed by atoms with Crippen LogP contribution in [0.5, 0.6) is 0 Å². The van der Waals surface area contributed by atoms with Gasteiger partial charge < -0.3 is 10.1 Å². The van der Waals surface area contributed by atoms with E-state index in [1.807, 2.05) is 0 Å². The van der Waals surface area contributed by atoms with Crippen LogP contribution >= 0.6 is 0 Å². The van der Waals surface area contributed by atoms with Gasteiger partial charge in [-0.3, -0.25) is 0 Å². The minimum absolute atomic E-state index is 0.671. The van der Waals surface area contributed by atoms with Gasteiger partial charge in [0, 0.05) is 19.8 Å². The Morgan fingerprint density at radius 1 is 1.31 bits per heavy atom. The molecule has 0 aromatic rings. The Labute approximate surface area is 83.1 Å². The van der Waals surface area contributed by atoms with Crippen molar-refractivity contribution < 1.29 is 4.74 Å². The van der Waals surface area contributed by atoms with Gasteiger partial charge in [-0.2, -0.15) is 0 Å². The molecule has 0 amide bonds. The Bertz CT molecular complexity index is 106. The zero-order valence-corrected chi connectivity index (χ0v) is 9.60. The van der Waals surface area contributed by atoms with E-state index in [4.69, 9.17) is 4.74 Å². The van der Waals surface area contributed by atoms with E-state index in [0.717, 1.165) is 19.1 Å². The normalized spacial score (nSPS) is 15.7. The maximum atomic E-state index is 5.06. The predicted octanol–water partition coefficient (Wildman–Crippen LogP) is 2.44. The molecule has 0 bridgehead atoms. The third-order valence-corrected chi connectivity index (χ3v) is 2.66. The Hall–Kier alpha value is -0.0800. The molecule has 0 aliphatic heterocycles. The third kappa shape index (κ3) is 6.05. The lowest BCUT2D eigenvalue weighted by molar-refractivity contribution is 0.184. The SMILES string of the molecule is CCNC(CCCOC)C(C)CC. The van der Waals surface area contributed by atoms with Crippen molar-refractivity contribution in [2.75, 3.05) is 20.3 Å². The van der Waals surface area contributed by atoms with Gasteiger partial charge in [-0.1, -0.05) is 27.2 Å². The minimum Gasteiger partial charge on any atom is -0.385 e. The molecule has 0 aromatic carbocycles. The largest absolute Gasteiger partial charge is 0.385 e. The van der Waals surface area contributed by atoms with Crippen molar-refractivity contribution in [3.8, 4) is 0 Å². The summed E-state index contributed by atoms with van der Waals surface area (Å²) in [6.45, 7) is 8.71. The maximum Gasteiger partial charge on any atom is 0.0462 e. The van der Waals surface area contributed by atoms with Gasteiger partial charge in [-0.25, -0.2) is 0 Å². The highest BCUT2D eigenvalue weighted by atomic mass is 16.5. The summed E-state index contributed by atoms with van der Waals surface area (Å²) in [5.74, 6) is 0.775. The first kappa shape index (κ1) is 12.9. The molecule has 2 unspecified atom stereocenters. The van der Waals surface area contributed by atoms with Crippen LogP contribution in [-0.4, -0.2) is 26.3 Å². The first-order valence-electron chi connectivity index (χ1n) is 5.48. The highest BCUT2D eigenvalue weighted by Gasteiger charge is 2.13. The maximum absolute atomic E-state index is 5.06. The third-order valence-electron chi connectivity index (χ3n) is 2.66. The van der Waals surface area contributed by atoms with E-state index >= 15 is 0 Å². The lowest BCUT2D eigenvalue weighted by Gasteiger charge is -2.23. The molecule has 0 aliphatic carbocycles. The number of ether oxygens (including phenoxy) is 1. The van der Waals surface area contributed by atoms with Crippen LogP contribution in [-0.2, 0) is 4.74 Å². The summed E-state index contributed by atoms with van der Waals surface area (Å²) in [4.78, 5) is 0. The fourth-order valence-electron chi connectivity index (χ4n) is 1.58. The van der Waals surface area contributed by atoms with Crippen molar-refractivity contribution >= 4 is 0 Å². The van der Waals surface area contributed by atoms with Crippen molar-refractivity contribution in [2.24, 2.45) is 5.92 Å². The molecule has 0 heterocycles. The molecule has 0 spiro atoms. The lowest BCUT2D eigenvalue weighted by Crippen LogP contribution is -2.34. The van der Waals surface area contributed by atoms with Crippen LogP contribution in [0.15, 0.2) is 0 Å². The Balaban J connectivity index is 3.65. The van der Waals surface area contributed by atoms with E-state index in [2.05, 4.69) is 26.1 Å². The fraction of sp³-hybridized carbons (Fsp3) is 1.00. The van der Waals surface area contributed by atoms with Gasteiger partial charge in [0.15, 0.2) is 0 Å². The Morgan fingerprint density at radius 2 is 2.00 bits per heavy atom. The van der Waals surface area contributed by atoms with Gasteiger partial charge in [-0.15, -0.1) is 0 Å². The van der Waals surface area contributed by atoms with E-state index in [1.165, 1.54) is 19.3 Å². The van der Waals surface area contributed by atoms with Crippen molar-refractivity contribution in [1.29, 1.82) is 0 Å². The van der Waals surface area contributed by atoms with Crippen molar-refractivity contribution in [3.05, 3.63) is 0 Å². The molecule has 0 aliphatic rings. The molecule has 2 atom stereocenters. The number of rotatable bonds is 8. The number of nitrogens with one attached hydrogen (secondary N) is 1. The van der Waals surface area contributed by atoms with Crippen LogP contribution < -0.4 is 5.32 Å². The van der Waals surface area contributed by atoms with Crippen molar-refractivity contribution in [3.63, 3.8) is 0 Å². The predicted molar refractivity (Wildman–Crippen MR) is 58.0 cm³/mol. The van der Waals surface area contributed by atoms with Gasteiger partial charge in [0.1, 0.15) is 0 Å². The van der Waals surface area contributed by atoms with Gasteiger partial charge in [-0.05, 0) is 25.3 Å². The zero-order chi connectivity index (χ0) is 10.1. The molecule has 0 saturated carbocycles. The van der Waals surface area contributed by atoms with Crippen LogP contribution in [0.4, 0.5) is 0 Å². The summed E-state index contributed by atoms with van der Waals surface area (Å²) in [7, 11) is 1.77. The van der Waals surface area contributed by atoms with E-state index in [9.17, 15) is 0 Å². The van der Waals surface area contributed by atoms with Crippen LogP contribution in [0.2, 0.25) is 0 Å². The molecule has 13 heavy (non-hydrogen) atoms. The zero-order valence-electron chi connectivity index (χ0n) is 9.60. The molecule has 0 fully saturated rings. The number of hydrogen-bond donors (Lipinski definition) is 1. The van der Waals surface area contributed by atoms with E-state index < -0.39 is 0 Å². The molecule has 80 valence electrons. The average Bonchev–Trinajstić information content (AvgIpc) is 2.16. The topological polar surface area (TPSA) is 21.3 Å². The molecule has 0 saturated heterocycles. The van der Waals surface area contributed by atoms with Crippen LogP contribution in [0.25, 0.3) is 0 Å². The molecular formula is C11H25NO. The average molecular weight is 187 g/mol. The Morgan fingerprint density at radius 3 is 2.46 bits per heavy atom. The molecular weight excluding hydrogens is 162 g/mol. The standard InChI is InChI=1S/C11H25NO/c1-5-10(3)11(12-6-2)8-7-9-13-4/h10-12H,5-9H2,1-4H3. The van der Waals surface area contributed by atoms with Gasteiger partial charge in [0.05, 0.1) is 0 Å². The lowest BCUT2D eigenvalue weighted by atomic mass is 9.95. The molecule has 1 N–H and O–H groups in total. The van der Waals surface area contributed by atoms with Crippen LogP contribution in [0.1, 0.15) is 40.0 Å². The summed E-state index contributed by atoms with van der Waals surface area (Å²) < 4.78 is 5.06. The summed E-state index contributed by atoms with van der Waals surface area (Å²) in [6.07, 6.45) is 3.65. The first-order chi connectivity index (χ1) is 6.26. The fourth-order valence-corrected chi connectivity index (χ4v) is 1.58. The molecule has 2 heteroatoms. The highest BCUT2D eigenvalue weighted by Crippen LogP contribution is 2.12. The Kier molecular flexibility index (Phi) is 8.46. The van der Waals surface area contributed by atoms with Crippen molar-refractivity contribution in [1.82, 2.24) is 5.32 Å². The number of methoxy groups -OCH3 is 1. The number of hydrogen-bond acceptors (Lipinski definition) is 2. The molecule has 2 nitrogen and oxygen atoms in total. The first-order valence-corrected chi connectivity index (χ1v) is 5.48. The van der Waals surface area contributed by atoms with Crippen LogP contribution in [0, 0.1) is 5.92 Å². The second-order valence-corrected chi connectivity index (χ2v) is 3.68. The summed E-state index contributed by atoms with van der Waals surface area (Å²) in [5, 5.41) is 3.54. The molecule has 0 rings (SSSR count). The van der Waals surface area contributed by atoms with E-state index in [-0.39, 0.29) is 0 Å². The van der Waals surface area contributed by atoms with Crippen LogP contribution in [0.3, 0.4) is 0 Å². The van der Waals surface area contributed by atoms with Gasteiger partial charge in [0.2, 0.25) is 0 Å². The quantitative estimate of drug-likeness (QED) is 0.589. The molecule has 0 radical (unpaired) electrons. The summed E-state index contributed by atoms with van der Waals surface area (Å²) >= 11 is 0. The van der Waals surface area contributed by atoms with Gasteiger partial charge in [0.25, 0.3) is 0 Å². The monoisotopic (exact) mass is 187 g/mol. The smallest absolute Gasteiger partial charge is 0.0462 e. The second-order valence-electron chi connectivity index (χ2n) is 3.68. The highest BCUT2D eigenvalue weighted by molar-refractivity contribution is 4.71. The summed E-state index contributed by atoms with van der Waals surface area (Å²) in [6, 6.07) is 0.671. The van der Waals surface area contributed by atoms with E-state index in [1.54, 1.807) is 7.11 Å². The second kappa shape index (κ2) is 8.52. The minimum atomic E-state index is 0.671. The summed E-state index contributed by atoms with van der Waals surface area (Å²) in [5.41, 5.74) is 0. The van der Waals surface area contributed by atoms with Crippen molar-refractivity contribution in [2.45, 2.75) is 46.1 Å².